The molecule has 5 nitrogen and oxygen atoms in total. The van der Waals surface area contributed by atoms with E-state index in [-0.39, 0.29) is 6.61 Å². The predicted molar refractivity (Wildman–Crippen MR) is 77.6 cm³/mol. The first-order chi connectivity index (χ1) is 9.78. The first-order valence-electron chi connectivity index (χ1n) is 6.97. The summed E-state index contributed by atoms with van der Waals surface area (Å²) in [6.45, 7) is 0.109. The predicted octanol–water partition coefficient (Wildman–Crippen LogP) is 1.33. The molecule has 1 atom stereocenters. The lowest BCUT2D eigenvalue weighted by atomic mass is 10.1. The van der Waals surface area contributed by atoms with E-state index in [4.69, 9.17) is 5.11 Å². The monoisotopic (exact) mass is 273 g/mol. The summed E-state index contributed by atoms with van der Waals surface area (Å²) in [7, 11) is 0. The van der Waals surface area contributed by atoms with Crippen LogP contribution >= 0.6 is 0 Å². The quantitative estimate of drug-likeness (QED) is 0.662. The summed E-state index contributed by atoms with van der Waals surface area (Å²) in [5, 5.41) is 28.7. The topological polar surface area (TPSA) is 81.2 Å². The van der Waals surface area contributed by atoms with Gasteiger partial charge in [0.2, 0.25) is 0 Å². The first-order valence-corrected chi connectivity index (χ1v) is 6.97. The molecule has 3 rings (SSSR count). The average Bonchev–Trinajstić information content (AvgIpc) is 3.08. The van der Waals surface area contributed by atoms with E-state index in [1.54, 1.807) is 0 Å². The van der Waals surface area contributed by atoms with Gasteiger partial charge in [-0.25, -0.2) is 0 Å². The third kappa shape index (κ3) is 2.55. The number of anilines is 1. The summed E-state index contributed by atoms with van der Waals surface area (Å²) in [6.07, 6.45) is 2.67. The van der Waals surface area contributed by atoms with Crippen molar-refractivity contribution < 1.29 is 10.2 Å². The van der Waals surface area contributed by atoms with Crippen molar-refractivity contribution in [2.24, 2.45) is 0 Å². The number of H-pyrrole nitrogens is 1. The Morgan fingerprint density at radius 1 is 1.25 bits per heavy atom. The molecule has 1 aromatic carbocycles. The molecule has 0 amide bonds. The van der Waals surface area contributed by atoms with E-state index in [9.17, 15) is 5.11 Å². The van der Waals surface area contributed by atoms with Crippen molar-refractivity contribution >= 4 is 5.69 Å². The van der Waals surface area contributed by atoms with E-state index in [1.165, 1.54) is 17.7 Å². The minimum Gasteiger partial charge on any atom is -0.394 e. The summed E-state index contributed by atoms with van der Waals surface area (Å²) in [4.78, 5) is 0. The Bertz CT molecular complexity index is 577. The molecule has 0 spiro atoms. The molecule has 0 saturated carbocycles. The molecule has 106 valence electrons. The Kier molecular flexibility index (Phi) is 3.71. The molecular weight excluding hydrogens is 254 g/mol. The molecule has 20 heavy (non-hydrogen) atoms. The zero-order chi connectivity index (χ0) is 13.9. The van der Waals surface area contributed by atoms with E-state index in [2.05, 4.69) is 15.5 Å². The van der Waals surface area contributed by atoms with Crippen molar-refractivity contribution in [3.05, 3.63) is 35.5 Å². The molecule has 1 aliphatic rings. The van der Waals surface area contributed by atoms with Crippen molar-refractivity contribution in [2.75, 3.05) is 18.5 Å². The Hall–Kier alpha value is -1.85. The molecule has 0 bridgehead atoms. The Morgan fingerprint density at radius 3 is 2.80 bits per heavy atom. The van der Waals surface area contributed by atoms with Crippen LogP contribution in [-0.2, 0) is 12.8 Å². The van der Waals surface area contributed by atoms with Crippen LogP contribution in [0.25, 0.3) is 11.3 Å². The highest BCUT2D eigenvalue weighted by atomic mass is 16.3. The van der Waals surface area contributed by atoms with E-state index >= 15 is 0 Å². The van der Waals surface area contributed by atoms with Gasteiger partial charge in [0.25, 0.3) is 0 Å². The normalized spacial score (nSPS) is 15.1. The van der Waals surface area contributed by atoms with Crippen molar-refractivity contribution in [3.63, 3.8) is 0 Å². The number of nitrogens with zero attached hydrogens (tertiary/aromatic N) is 1. The first kappa shape index (κ1) is 13.1. The number of benzene rings is 1. The summed E-state index contributed by atoms with van der Waals surface area (Å²) in [5.74, 6) is 0. The molecule has 0 fully saturated rings. The number of fused-ring (bicyclic) bond motifs is 1. The van der Waals surface area contributed by atoms with E-state index in [1.807, 2.05) is 24.3 Å². The average molecular weight is 273 g/mol. The maximum absolute atomic E-state index is 9.30. The molecular formula is C15H19N3O2. The molecule has 4 N–H and O–H groups in total. The van der Waals surface area contributed by atoms with Gasteiger partial charge in [-0.2, -0.15) is 5.10 Å². The molecule has 5 heteroatoms. The van der Waals surface area contributed by atoms with Crippen LogP contribution in [0.4, 0.5) is 5.69 Å². The number of aliphatic hydroxyl groups excluding tert-OH is 2. The molecule has 1 unspecified atom stereocenters. The second-order valence-electron chi connectivity index (χ2n) is 5.18. The maximum Gasteiger partial charge on any atom is 0.0955 e. The van der Waals surface area contributed by atoms with Gasteiger partial charge in [-0.1, -0.05) is 12.1 Å². The van der Waals surface area contributed by atoms with Crippen LogP contribution < -0.4 is 5.32 Å². The second-order valence-corrected chi connectivity index (χ2v) is 5.18. The number of aromatic amines is 1. The molecule has 1 aromatic heterocycles. The Morgan fingerprint density at radius 2 is 2.05 bits per heavy atom. The van der Waals surface area contributed by atoms with Gasteiger partial charge >= 0.3 is 0 Å². The van der Waals surface area contributed by atoms with Gasteiger partial charge in [0.05, 0.1) is 18.4 Å². The van der Waals surface area contributed by atoms with Crippen LogP contribution in [0.1, 0.15) is 17.7 Å². The summed E-state index contributed by atoms with van der Waals surface area (Å²) >= 11 is 0. The van der Waals surface area contributed by atoms with Crippen molar-refractivity contribution in [1.29, 1.82) is 0 Å². The largest absolute Gasteiger partial charge is 0.394 e. The van der Waals surface area contributed by atoms with Crippen LogP contribution in [0, 0.1) is 0 Å². The number of aliphatic hydroxyl groups is 2. The number of aryl methyl sites for hydroxylation is 1. The van der Waals surface area contributed by atoms with Crippen molar-refractivity contribution in [3.8, 4) is 11.3 Å². The lowest BCUT2D eigenvalue weighted by Crippen LogP contribution is -2.22. The van der Waals surface area contributed by atoms with Crippen LogP contribution in [0.5, 0.6) is 0 Å². The standard InChI is InChI=1S/C15H19N3O2/c19-9-12(20)8-16-11-6-4-10(5-7-11)15-13-2-1-3-14(13)17-18-15/h4-7,12,16,19-20H,1-3,8-9H2,(H,17,18). The zero-order valence-corrected chi connectivity index (χ0v) is 11.3. The fraction of sp³-hybridized carbons (Fsp3) is 0.400. The van der Waals surface area contributed by atoms with Crippen LogP contribution in [0.2, 0.25) is 0 Å². The van der Waals surface area contributed by atoms with Gasteiger partial charge in [-0.3, -0.25) is 5.10 Å². The minimum atomic E-state index is -0.732. The summed E-state index contributed by atoms with van der Waals surface area (Å²) in [6, 6.07) is 8.00. The highest BCUT2D eigenvalue weighted by Crippen LogP contribution is 2.30. The Labute approximate surface area is 117 Å². The number of nitrogens with one attached hydrogen (secondary N) is 2. The van der Waals surface area contributed by atoms with Gasteiger partial charge in [0.15, 0.2) is 0 Å². The number of rotatable bonds is 5. The fourth-order valence-electron chi connectivity index (χ4n) is 2.60. The smallest absolute Gasteiger partial charge is 0.0955 e. The van der Waals surface area contributed by atoms with Crippen molar-refractivity contribution in [1.82, 2.24) is 10.2 Å². The molecule has 1 aliphatic carbocycles. The number of hydrogen-bond acceptors (Lipinski definition) is 4. The molecule has 0 radical (unpaired) electrons. The third-order valence-corrected chi connectivity index (χ3v) is 3.72. The van der Waals surface area contributed by atoms with Gasteiger partial charge in [0.1, 0.15) is 0 Å². The molecule has 0 aliphatic heterocycles. The zero-order valence-electron chi connectivity index (χ0n) is 11.3. The molecule has 0 saturated heterocycles. The lowest BCUT2D eigenvalue weighted by molar-refractivity contribution is 0.105. The van der Waals surface area contributed by atoms with Crippen LogP contribution in [-0.4, -0.2) is 39.7 Å². The van der Waals surface area contributed by atoms with Crippen molar-refractivity contribution in [2.45, 2.75) is 25.4 Å². The molecule has 2 aromatic rings. The highest BCUT2D eigenvalue weighted by Gasteiger charge is 2.19. The van der Waals surface area contributed by atoms with Crippen LogP contribution in [0.15, 0.2) is 24.3 Å². The minimum absolute atomic E-state index is 0.232. The van der Waals surface area contributed by atoms with Gasteiger partial charge in [-0.15, -0.1) is 0 Å². The van der Waals surface area contributed by atoms with E-state index in [0.717, 1.165) is 29.8 Å². The van der Waals surface area contributed by atoms with E-state index < -0.39 is 6.10 Å². The maximum atomic E-state index is 9.30. The number of aromatic nitrogens is 2. The van der Waals surface area contributed by atoms with Gasteiger partial charge in [0, 0.05) is 29.1 Å². The summed E-state index contributed by atoms with van der Waals surface area (Å²) < 4.78 is 0. The lowest BCUT2D eigenvalue weighted by Gasteiger charge is -2.10. The fourth-order valence-corrected chi connectivity index (χ4v) is 2.60. The number of hydrogen-bond donors (Lipinski definition) is 4. The SMILES string of the molecule is OCC(O)CNc1ccc(-c2n[nH]c3c2CCC3)cc1. The third-order valence-electron chi connectivity index (χ3n) is 3.72. The van der Waals surface area contributed by atoms with Crippen LogP contribution in [0.3, 0.4) is 0 Å². The highest BCUT2D eigenvalue weighted by molar-refractivity contribution is 5.67. The van der Waals surface area contributed by atoms with Gasteiger partial charge in [-0.05, 0) is 31.4 Å². The van der Waals surface area contributed by atoms with Gasteiger partial charge < -0.3 is 15.5 Å². The molecule has 1 heterocycles. The second kappa shape index (κ2) is 5.64. The summed E-state index contributed by atoms with van der Waals surface area (Å²) in [5.41, 5.74) is 5.71. The Balaban J connectivity index is 1.72. The van der Waals surface area contributed by atoms with E-state index in [0.29, 0.717) is 6.54 Å².